The number of halogens is 1. The van der Waals surface area contributed by atoms with Gasteiger partial charge in [0.15, 0.2) is 11.5 Å². The molecule has 0 unspecified atom stereocenters. The second kappa shape index (κ2) is 9.93. The summed E-state index contributed by atoms with van der Waals surface area (Å²) in [5, 5.41) is 6.66. The Morgan fingerprint density at radius 1 is 0.906 bits per heavy atom. The van der Waals surface area contributed by atoms with Crippen LogP contribution >= 0.6 is 15.9 Å². The first-order chi connectivity index (χ1) is 15.6. The fourth-order valence-corrected chi connectivity index (χ4v) is 3.34. The number of nitrogens with one attached hydrogen (secondary N) is 2. The van der Waals surface area contributed by atoms with Crippen LogP contribution in [0.25, 0.3) is 6.08 Å². The van der Waals surface area contributed by atoms with Crippen molar-refractivity contribution >= 4 is 40.0 Å². The number of hydrazone groups is 1. The molecule has 3 aromatic rings. The van der Waals surface area contributed by atoms with E-state index in [1.165, 1.54) is 6.21 Å². The van der Waals surface area contributed by atoms with E-state index in [9.17, 15) is 9.59 Å². The number of benzene rings is 3. The molecule has 0 atom stereocenters. The predicted octanol–water partition coefficient (Wildman–Crippen LogP) is 4.10. The van der Waals surface area contributed by atoms with Gasteiger partial charge in [-0.25, -0.2) is 5.43 Å². The highest BCUT2D eigenvalue weighted by atomic mass is 79.9. The molecule has 2 N–H and O–H groups in total. The summed E-state index contributed by atoms with van der Waals surface area (Å²) in [7, 11) is 0. The molecule has 8 heteroatoms. The van der Waals surface area contributed by atoms with Crippen LogP contribution in [-0.4, -0.2) is 24.8 Å². The van der Waals surface area contributed by atoms with E-state index in [1.807, 2.05) is 30.3 Å². The zero-order chi connectivity index (χ0) is 22.3. The van der Waals surface area contributed by atoms with Gasteiger partial charge in [0.05, 0.1) is 6.21 Å². The van der Waals surface area contributed by atoms with Gasteiger partial charge in [0, 0.05) is 10.0 Å². The maximum absolute atomic E-state index is 12.8. The van der Waals surface area contributed by atoms with Crippen LogP contribution < -0.4 is 20.2 Å². The fraction of sp³-hybridized carbons (Fsp3) is 0.0417. The Hall–Kier alpha value is -3.91. The number of carbonyl (C=O) groups is 2. The van der Waals surface area contributed by atoms with E-state index in [2.05, 4.69) is 31.8 Å². The maximum atomic E-state index is 12.8. The lowest BCUT2D eigenvalue weighted by Gasteiger charge is -2.09. The molecule has 32 heavy (non-hydrogen) atoms. The number of hydrogen-bond donors (Lipinski definition) is 2. The average molecular weight is 492 g/mol. The van der Waals surface area contributed by atoms with Crippen LogP contribution in [0.3, 0.4) is 0 Å². The van der Waals surface area contributed by atoms with Crippen LogP contribution in [0.1, 0.15) is 21.5 Å². The number of amides is 2. The molecule has 0 saturated heterocycles. The topological polar surface area (TPSA) is 89.0 Å². The Morgan fingerprint density at radius 3 is 2.53 bits per heavy atom. The molecule has 0 fully saturated rings. The molecule has 1 aliphatic heterocycles. The molecule has 1 heterocycles. The summed E-state index contributed by atoms with van der Waals surface area (Å²) >= 11 is 3.39. The van der Waals surface area contributed by atoms with Crippen molar-refractivity contribution in [1.82, 2.24) is 10.7 Å². The number of hydrogen-bond acceptors (Lipinski definition) is 5. The molecule has 160 valence electrons. The number of nitrogens with zero attached hydrogens (tertiary/aromatic N) is 1. The van der Waals surface area contributed by atoms with Crippen molar-refractivity contribution in [3.63, 3.8) is 0 Å². The van der Waals surface area contributed by atoms with Crippen LogP contribution in [0.5, 0.6) is 11.5 Å². The molecule has 0 spiro atoms. The van der Waals surface area contributed by atoms with Gasteiger partial charge in [0.2, 0.25) is 6.79 Å². The third-order valence-electron chi connectivity index (χ3n) is 4.46. The Bertz CT molecular complexity index is 1210. The van der Waals surface area contributed by atoms with Crippen LogP contribution in [0.4, 0.5) is 0 Å². The van der Waals surface area contributed by atoms with Gasteiger partial charge in [0.1, 0.15) is 5.70 Å². The van der Waals surface area contributed by atoms with E-state index in [1.54, 1.807) is 48.5 Å². The van der Waals surface area contributed by atoms with E-state index in [4.69, 9.17) is 9.47 Å². The minimum absolute atomic E-state index is 0.0316. The molecule has 0 aliphatic carbocycles. The minimum atomic E-state index is -0.571. The van der Waals surface area contributed by atoms with Crippen molar-refractivity contribution in [2.45, 2.75) is 0 Å². The van der Waals surface area contributed by atoms with E-state index >= 15 is 0 Å². The molecular weight excluding hydrogens is 474 g/mol. The zero-order valence-corrected chi connectivity index (χ0v) is 18.3. The van der Waals surface area contributed by atoms with Gasteiger partial charge in [-0.05, 0) is 53.6 Å². The van der Waals surface area contributed by atoms with Crippen LogP contribution in [-0.2, 0) is 4.79 Å². The van der Waals surface area contributed by atoms with Gasteiger partial charge in [0.25, 0.3) is 11.8 Å². The van der Waals surface area contributed by atoms with Crippen LogP contribution in [0.15, 0.2) is 88.1 Å². The molecule has 0 radical (unpaired) electrons. The van der Waals surface area contributed by atoms with Crippen molar-refractivity contribution < 1.29 is 19.1 Å². The molecule has 0 bridgehead atoms. The molecule has 0 saturated carbocycles. The number of carbonyl (C=O) groups excluding carboxylic acids is 2. The van der Waals surface area contributed by atoms with Crippen molar-refractivity contribution in [2.75, 3.05) is 6.79 Å². The summed E-state index contributed by atoms with van der Waals surface area (Å²) in [6.45, 7) is 0.144. The van der Waals surface area contributed by atoms with Crippen LogP contribution in [0.2, 0.25) is 0 Å². The highest BCUT2D eigenvalue weighted by Gasteiger charge is 2.16. The predicted molar refractivity (Wildman–Crippen MR) is 124 cm³/mol. The average Bonchev–Trinajstić information content (AvgIpc) is 3.27. The lowest BCUT2D eigenvalue weighted by atomic mass is 10.1. The van der Waals surface area contributed by atoms with Gasteiger partial charge >= 0.3 is 0 Å². The second-order valence-corrected chi connectivity index (χ2v) is 7.66. The number of ether oxygens (including phenoxy) is 2. The normalized spacial score (nSPS) is 12.6. The zero-order valence-electron chi connectivity index (χ0n) is 16.7. The Kier molecular flexibility index (Phi) is 6.62. The minimum Gasteiger partial charge on any atom is -0.454 e. The standard InChI is InChI=1S/C24H18BrN3O4/c25-19-8-4-5-17(11-19)14-26-28-24(30)20(27-23(29)18-6-2-1-3-7-18)12-16-9-10-21-22(13-16)32-15-31-21/h1-14H,15H2,(H,27,29)(H,28,30)/b20-12+,26-14-. The Balaban J connectivity index is 1.56. The summed E-state index contributed by atoms with van der Waals surface area (Å²) in [6, 6.07) is 21.3. The van der Waals surface area contributed by atoms with E-state index < -0.39 is 11.8 Å². The summed E-state index contributed by atoms with van der Waals surface area (Å²) < 4.78 is 11.6. The number of rotatable bonds is 6. The lowest BCUT2D eigenvalue weighted by molar-refractivity contribution is -0.117. The third-order valence-corrected chi connectivity index (χ3v) is 4.96. The monoisotopic (exact) mass is 491 g/mol. The largest absolute Gasteiger partial charge is 0.454 e. The second-order valence-electron chi connectivity index (χ2n) is 6.74. The SMILES string of the molecule is O=C(N/N=C\c1cccc(Br)c1)/C(=C\c1ccc2c(c1)OCO2)NC(=O)c1ccccc1. The van der Waals surface area contributed by atoms with Gasteiger partial charge in [-0.15, -0.1) is 0 Å². The highest BCUT2D eigenvalue weighted by Crippen LogP contribution is 2.33. The molecule has 4 rings (SSSR count). The summed E-state index contributed by atoms with van der Waals surface area (Å²) in [6.07, 6.45) is 3.06. The first-order valence-corrected chi connectivity index (χ1v) is 10.4. The lowest BCUT2D eigenvalue weighted by Crippen LogP contribution is -2.32. The van der Waals surface area contributed by atoms with Gasteiger partial charge in [-0.3, -0.25) is 9.59 Å². The molecule has 7 nitrogen and oxygen atoms in total. The summed E-state index contributed by atoms with van der Waals surface area (Å²) in [5.74, 6) is 0.211. The fourth-order valence-electron chi connectivity index (χ4n) is 2.92. The first-order valence-electron chi connectivity index (χ1n) is 9.65. The van der Waals surface area contributed by atoms with E-state index in [-0.39, 0.29) is 12.5 Å². The van der Waals surface area contributed by atoms with Gasteiger partial charge in [-0.2, -0.15) is 5.10 Å². The van der Waals surface area contributed by atoms with Crippen molar-refractivity contribution in [3.05, 3.63) is 99.7 Å². The van der Waals surface area contributed by atoms with E-state index in [0.29, 0.717) is 22.6 Å². The first kappa shape index (κ1) is 21.3. The smallest absolute Gasteiger partial charge is 0.287 e. The van der Waals surface area contributed by atoms with Crippen molar-refractivity contribution in [1.29, 1.82) is 0 Å². The molecule has 0 aromatic heterocycles. The maximum Gasteiger partial charge on any atom is 0.287 e. The van der Waals surface area contributed by atoms with Gasteiger partial charge in [-0.1, -0.05) is 52.3 Å². The highest BCUT2D eigenvalue weighted by molar-refractivity contribution is 9.10. The Labute approximate surface area is 192 Å². The molecule has 2 amide bonds. The van der Waals surface area contributed by atoms with Crippen molar-refractivity contribution in [3.8, 4) is 11.5 Å². The molecule has 3 aromatic carbocycles. The molecule has 1 aliphatic rings. The summed E-state index contributed by atoms with van der Waals surface area (Å²) in [5.41, 5.74) is 4.37. The quantitative estimate of drug-likeness (QED) is 0.308. The Morgan fingerprint density at radius 2 is 1.72 bits per heavy atom. The van der Waals surface area contributed by atoms with Gasteiger partial charge < -0.3 is 14.8 Å². The van der Waals surface area contributed by atoms with Crippen molar-refractivity contribution in [2.24, 2.45) is 5.10 Å². The van der Waals surface area contributed by atoms with E-state index in [0.717, 1.165) is 10.0 Å². The third kappa shape index (κ3) is 5.41. The van der Waals surface area contributed by atoms with Crippen LogP contribution in [0, 0.1) is 0 Å². The summed E-state index contributed by atoms with van der Waals surface area (Å²) in [4.78, 5) is 25.5. The molecular formula is C24H18BrN3O4. The number of fused-ring (bicyclic) bond motifs is 1.